The van der Waals surface area contributed by atoms with Gasteiger partial charge in [0.15, 0.2) is 5.78 Å². The first kappa shape index (κ1) is 29.2. The summed E-state index contributed by atoms with van der Waals surface area (Å²) in [5, 5.41) is 24.5. The lowest BCUT2D eigenvalue weighted by Gasteiger charge is -2.39. The Hall–Kier alpha value is -4.87. The van der Waals surface area contributed by atoms with E-state index in [1.54, 1.807) is 41.3 Å². The second kappa shape index (κ2) is 12.8. The number of halogens is 1. The molecule has 3 heterocycles. The summed E-state index contributed by atoms with van der Waals surface area (Å²) in [5.41, 5.74) is 5.10. The molecule has 44 heavy (non-hydrogen) atoms. The van der Waals surface area contributed by atoms with Gasteiger partial charge in [0.1, 0.15) is 12.4 Å². The molecular formula is C32H30ClN7O4. The molecule has 2 N–H and O–H groups in total. The molecule has 0 saturated carbocycles. The Kier molecular flexibility index (Phi) is 8.49. The molecule has 11 nitrogen and oxygen atoms in total. The van der Waals surface area contributed by atoms with Crippen LogP contribution in [0.25, 0.3) is 11.8 Å². The summed E-state index contributed by atoms with van der Waals surface area (Å²) >= 11 is 6.27. The van der Waals surface area contributed by atoms with E-state index in [4.69, 9.17) is 11.6 Å². The number of anilines is 1. The number of ketones is 1. The molecule has 1 amide bonds. The van der Waals surface area contributed by atoms with Crippen molar-refractivity contribution in [2.24, 2.45) is 0 Å². The standard InChI is InChI=1S/C32H30ClN7O4/c33-24-9-10-27(40-20-35-36-37-40)23(19-24)8-11-30(42)39-15-12-25-26(2-1-3-28(25)38-16-13-34-14-17-38)31(39)29(41)18-21-4-6-22(7-5-21)32(43)44/h1-11,19-20,31,34H,12-18H2,(H,43,44)/b11-8+. The fraction of sp³-hybridized carbons (Fsp3) is 0.250. The predicted molar refractivity (Wildman–Crippen MR) is 165 cm³/mol. The molecule has 6 rings (SSSR count). The van der Waals surface area contributed by atoms with Crippen molar-refractivity contribution in [3.05, 3.63) is 106 Å². The van der Waals surface area contributed by atoms with Gasteiger partial charge in [-0.1, -0.05) is 35.9 Å². The van der Waals surface area contributed by atoms with Crippen molar-refractivity contribution in [1.29, 1.82) is 0 Å². The SMILES string of the molecule is O=C(O)c1ccc(CC(=O)C2c3cccc(N4CCNCC4)c3CCN2C(=O)/C=C/c2cc(Cl)ccc2-n2cnnn2)cc1. The molecule has 2 aliphatic rings. The molecule has 2 aliphatic heterocycles. The summed E-state index contributed by atoms with van der Waals surface area (Å²) in [6.07, 6.45) is 5.22. The van der Waals surface area contributed by atoms with Crippen LogP contribution in [0.1, 0.15) is 38.7 Å². The lowest BCUT2D eigenvalue weighted by Crippen LogP contribution is -2.46. The second-order valence-corrected chi connectivity index (χ2v) is 11.1. The van der Waals surface area contributed by atoms with Crippen LogP contribution in [-0.2, 0) is 22.4 Å². The number of hydrogen-bond donors (Lipinski definition) is 2. The van der Waals surface area contributed by atoms with Crippen LogP contribution in [-0.4, -0.2) is 80.6 Å². The van der Waals surface area contributed by atoms with Crippen molar-refractivity contribution in [2.45, 2.75) is 18.9 Å². The first-order valence-corrected chi connectivity index (χ1v) is 14.7. The number of carboxylic acids is 1. The zero-order valence-electron chi connectivity index (χ0n) is 23.8. The maximum atomic E-state index is 14.1. The number of nitrogens with zero attached hydrogens (tertiary/aromatic N) is 6. The molecule has 0 spiro atoms. The third-order valence-electron chi connectivity index (χ3n) is 8.01. The first-order chi connectivity index (χ1) is 21.4. The third kappa shape index (κ3) is 6.10. The molecule has 0 bridgehead atoms. The summed E-state index contributed by atoms with van der Waals surface area (Å²) in [4.78, 5) is 43.2. The normalized spacial score (nSPS) is 16.6. The van der Waals surface area contributed by atoms with E-state index in [0.717, 1.165) is 43.0 Å². The van der Waals surface area contributed by atoms with E-state index in [2.05, 4.69) is 31.8 Å². The maximum Gasteiger partial charge on any atom is 0.335 e. The van der Waals surface area contributed by atoms with E-state index < -0.39 is 12.0 Å². The summed E-state index contributed by atoms with van der Waals surface area (Å²) in [7, 11) is 0. The zero-order valence-corrected chi connectivity index (χ0v) is 24.5. The van der Waals surface area contributed by atoms with Crippen molar-refractivity contribution in [3.8, 4) is 5.69 Å². The number of hydrogen-bond acceptors (Lipinski definition) is 8. The monoisotopic (exact) mass is 611 g/mol. The number of amides is 1. The van der Waals surface area contributed by atoms with Gasteiger partial charge in [0.2, 0.25) is 5.91 Å². The van der Waals surface area contributed by atoms with E-state index >= 15 is 0 Å². The molecule has 0 radical (unpaired) electrons. The number of fused-ring (bicyclic) bond motifs is 1. The van der Waals surface area contributed by atoms with Crippen LogP contribution in [0.3, 0.4) is 0 Å². The Balaban J connectivity index is 1.34. The molecule has 4 aromatic rings. The molecule has 1 atom stereocenters. The van der Waals surface area contributed by atoms with Crippen molar-refractivity contribution in [3.63, 3.8) is 0 Å². The number of carboxylic acid groups (broad SMARTS) is 1. The lowest BCUT2D eigenvalue weighted by molar-refractivity contribution is -0.136. The largest absolute Gasteiger partial charge is 0.478 e. The van der Waals surface area contributed by atoms with E-state index in [1.165, 1.54) is 29.2 Å². The molecule has 3 aromatic carbocycles. The number of piperazine rings is 1. The number of carbonyl (C=O) groups excluding carboxylic acids is 2. The van der Waals surface area contributed by atoms with Gasteiger partial charge >= 0.3 is 5.97 Å². The van der Waals surface area contributed by atoms with Crippen LogP contribution in [0.4, 0.5) is 5.69 Å². The number of rotatable bonds is 8. The van der Waals surface area contributed by atoms with Crippen molar-refractivity contribution >= 4 is 41.0 Å². The fourth-order valence-corrected chi connectivity index (χ4v) is 6.08. The van der Waals surface area contributed by atoms with Gasteiger partial charge in [0, 0.05) is 61.5 Å². The van der Waals surface area contributed by atoms with Gasteiger partial charge in [-0.05, 0) is 76.0 Å². The van der Waals surface area contributed by atoms with E-state index in [1.807, 2.05) is 12.1 Å². The van der Waals surface area contributed by atoms with Crippen LogP contribution >= 0.6 is 11.6 Å². The highest BCUT2D eigenvalue weighted by Crippen LogP contribution is 2.37. The average molecular weight is 612 g/mol. The van der Waals surface area contributed by atoms with Gasteiger partial charge in [0.05, 0.1) is 11.3 Å². The minimum atomic E-state index is -1.03. The van der Waals surface area contributed by atoms with Crippen LogP contribution in [0, 0.1) is 0 Å². The van der Waals surface area contributed by atoms with Crippen molar-refractivity contribution in [2.75, 3.05) is 37.6 Å². The van der Waals surface area contributed by atoms with Gasteiger partial charge in [0.25, 0.3) is 0 Å². The maximum absolute atomic E-state index is 14.1. The number of aromatic nitrogens is 4. The molecule has 1 fully saturated rings. The molecule has 1 aromatic heterocycles. The molecule has 1 unspecified atom stereocenters. The Morgan fingerprint density at radius 3 is 2.52 bits per heavy atom. The number of aromatic carboxylic acids is 1. The van der Waals surface area contributed by atoms with E-state index in [9.17, 15) is 19.5 Å². The molecule has 224 valence electrons. The van der Waals surface area contributed by atoms with Crippen LogP contribution < -0.4 is 10.2 Å². The second-order valence-electron chi connectivity index (χ2n) is 10.7. The highest BCUT2D eigenvalue weighted by molar-refractivity contribution is 6.30. The summed E-state index contributed by atoms with van der Waals surface area (Å²) < 4.78 is 1.48. The number of nitrogens with one attached hydrogen (secondary N) is 1. The first-order valence-electron chi connectivity index (χ1n) is 14.3. The molecular weight excluding hydrogens is 582 g/mol. The Morgan fingerprint density at radius 2 is 1.80 bits per heavy atom. The Labute approximate surface area is 258 Å². The molecule has 1 saturated heterocycles. The van der Waals surface area contributed by atoms with Crippen LogP contribution in [0.5, 0.6) is 0 Å². The van der Waals surface area contributed by atoms with E-state index in [-0.39, 0.29) is 23.7 Å². The Bertz CT molecular complexity index is 1720. The summed E-state index contributed by atoms with van der Waals surface area (Å²) in [6, 6.07) is 16.6. The number of Topliss-reactive ketones (excluding diaryl/α,β-unsaturated/α-hetero) is 1. The number of carbonyl (C=O) groups is 3. The quantitative estimate of drug-likeness (QED) is 0.288. The molecule has 12 heteroatoms. The van der Waals surface area contributed by atoms with Crippen LogP contribution in [0.15, 0.2) is 73.1 Å². The van der Waals surface area contributed by atoms with Gasteiger partial charge < -0.3 is 20.2 Å². The number of benzene rings is 3. The van der Waals surface area contributed by atoms with Gasteiger partial charge in [-0.3, -0.25) is 9.59 Å². The summed E-state index contributed by atoms with van der Waals surface area (Å²) in [6.45, 7) is 3.84. The minimum absolute atomic E-state index is 0.0487. The van der Waals surface area contributed by atoms with Gasteiger partial charge in [-0.15, -0.1) is 5.10 Å². The van der Waals surface area contributed by atoms with E-state index in [0.29, 0.717) is 34.8 Å². The number of tetrazole rings is 1. The van der Waals surface area contributed by atoms with Crippen molar-refractivity contribution in [1.82, 2.24) is 30.4 Å². The summed E-state index contributed by atoms with van der Waals surface area (Å²) in [5.74, 6) is -1.49. The molecule has 0 aliphatic carbocycles. The van der Waals surface area contributed by atoms with Crippen molar-refractivity contribution < 1.29 is 19.5 Å². The van der Waals surface area contributed by atoms with Crippen LogP contribution in [0.2, 0.25) is 5.02 Å². The third-order valence-corrected chi connectivity index (χ3v) is 8.25. The topological polar surface area (TPSA) is 134 Å². The minimum Gasteiger partial charge on any atom is -0.478 e. The highest BCUT2D eigenvalue weighted by Gasteiger charge is 2.36. The predicted octanol–water partition coefficient (Wildman–Crippen LogP) is 3.37. The fourth-order valence-electron chi connectivity index (χ4n) is 5.90. The van der Waals surface area contributed by atoms with Gasteiger partial charge in [-0.25, -0.2) is 4.79 Å². The highest BCUT2D eigenvalue weighted by atomic mass is 35.5. The Morgan fingerprint density at radius 1 is 1.00 bits per heavy atom. The average Bonchev–Trinajstić information content (AvgIpc) is 3.58. The zero-order chi connectivity index (χ0) is 30.6. The smallest absolute Gasteiger partial charge is 0.335 e. The van der Waals surface area contributed by atoms with Gasteiger partial charge in [-0.2, -0.15) is 4.68 Å². The lowest BCUT2D eigenvalue weighted by atomic mass is 9.86.